The van der Waals surface area contributed by atoms with E-state index in [0.29, 0.717) is 23.2 Å². The minimum atomic E-state index is -5.08. The van der Waals surface area contributed by atoms with Crippen LogP contribution in [0.15, 0.2) is 71.1 Å². The molecule has 0 saturated carbocycles. The van der Waals surface area contributed by atoms with E-state index in [-0.39, 0.29) is 23.3 Å². The fourth-order valence-corrected chi connectivity index (χ4v) is 2.91. The van der Waals surface area contributed by atoms with Crippen LogP contribution in [0.2, 0.25) is 0 Å². The second kappa shape index (κ2) is 7.70. The summed E-state index contributed by atoms with van der Waals surface area (Å²) in [7, 11) is 0. The minimum absolute atomic E-state index is 0.0670. The number of aromatic nitrogens is 1. The predicted octanol–water partition coefficient (Wildman–Crippen LogP) is 6.75. The molecule has 4 nitrogen and oxygen atoms in total. The molecule has 0 unspecified atom stereocenters. The van der Waals surface area contributed by atoms with E-state index in [1.807, 2.05) is 6.07 Å². The van der Waals surface area contributed by atoms with Crippen molar-refractivity contribution in [1.29, 1.82) is 0 Å². The van der Waals surface area contributed by atoms with Gasteiger partial charge in [-0.1, -0.05) is 18.2 Å². The van der Waals surface area contributed by atoms with E-state index in [0.717, 1.165) is 0 Å². The number of hydrogen-bond donors (Lipinski definition) is 0. The van der Waals surface area contributed by atoms with Gasteiger partial charge in [0.25, 0.3) is 0 Å². The molecule has 0 aliphatic heterocycles. The molecule has 1 aromatic heterocycles. The Labute approximate surface area is 176 Å². The maximum atomic E-state index is 13.0. The van der Waals surface area contributed by atoms with Crippen molar-refractivity contribution in [3.8, 4) is 17.2 Å². The zero-order valence-corrected chi connectivity index (χ0v) is 15.8. The molecule has 0 radical (unpaired) electrons. The van der Waals surface area contributed by atoms with E-state index < -0.39 is 35.0 Å². The molecule has 3 aromatic carbocycles. The number of benzene rings is 3. The molecular weight excluding hydrogens is 440 g/mol. The number of ether oxygens (including phenoxy) is 1. The average molecular weight is 451 g/mol. The standard InChI is InChI=1S/C22H11F6NO3/c23-21(24,25)14-8-13(9-15(10-14)22(26,27)28)20(30)31-16-6-7-17-18(11-16)32-19(29-17)12-4-2-1-3-5-12/h1-11H. The van der Waals surface area contributed by atoms with Crippen molar-refractivity contribution in [1.82, 2.24) is 4.98 Å². The number of alkyl halides is 6. The van der Waals surface area contributed by atoms with E-state index in [1.165, 1.54) is 18.2 Å². The second-order valence-electron chi connectivity index (χ2n) is 6.70. The number of halogens is 6. The van der Waals surface area contributed by atoms with Gasteiger partial charge in [0.05, 0.1) is 16.7 Å². The molecule has 0 aliphatic carbocycles. The number of carbonyl (C=O) groups is 1. The maximum absolute atomic E-state index is 13.0. The average Bonchev–Trinajstić information content (AvgIpc) is 3.16. The van der Waals surface area contributed by atoms with E-state index in [9.17, 15) is 31.1 Å². The molecule has 0 amide bonds. The Morgan fingerprint density at radius 3 is 2.03 bits per heavy atom. The van der Waals surface area contributed by atoms with Crippen LogP contribution in [0.5, 0.6) is 5.75 Å². The topological polar surface area (TPSA) is 52.3 Å². The van der Waals surface area contributed by atoms with Crippen molar-refractivity contribution >= 4 is 17.1 Å². The van der Waals surface area contributed by atoms with Crippen molar-refractivity contribution in [2.75, 3.05) is 0 Å². The zero-order chi connectivity index (χ0) is 23.1. The Morgan fingerprint density at radius 2 is 1.44 bits per heavy atom. The van der Waals surface area contributed by atoms with Crippen LogP contribution >= 0.6 is 0 Å². The van der Waals surface area contributed by atoms with Crippen LogP contribution in [0.1, 0.15) is 21.5 Å². The molecule has 1 heterocycles. The largest absolute Gasteiger partial charge is 0.436 e. The minimum Gasteiger partial charge on any atom is -0.436 e. The molecule has 0 bridgehead atoms. The normalized spacial score (nSPS) is 12.2. The van der Waals surface area contributed by atoms with Crippen LogP contribution in [0.3, 0.4) is 0 Å². The van der Waals surface area contributed by atoms with Crippen molar-refractivity contribution in [2.45, 2.75) is 12.4 Å². The summed E-state index contributed by atoms with van der Waals surface area (Å²) in [5.41, 5.74) is -2.80. The highest BCUT2D eigenvalue weighted by Gasteiger charge is 2.37. The molecule has 10 heteroatoms. The Hall–Kier alpha value is -3.82. The fourth-order valence-electron chi connectivity index (χ4n) is 2.91. The van der Waals surface area contributed by atoms with Gasteiger partial charge in [-0.25, -0.2) is 9.78 Å². The molecule has 0 atom stereocenters. The number of rotatable bonds is 3. The second-order valence-corrected chi connectivity index (χ2v) is 6.70. The summed E-state index contributed by atoms with van der Waals surface area (Å²) in [5, 5.41) is 0. The lowest BCUT2D eigenvalue weighted by molar-refractivity contribution is -0.143. The predicted molar refractivity (Wildman–Crippen MR) is 101 cm³/mol. The van der Waals surface area contributed by atoms with Gasteiger partial charge >= 0.3 is 18.3 Å². The molecule has 4 rings (SSSR count). The molecule has 0 saturated heterocycles. The van der Waals surface area contributed by atoms with Gasteiger partial charge in [0, 0.05) is 11.6 Å². The lowest BCUT2D eigenvalue weighted by Crippen LogP contribution is -2.15. The van der Waals surface area contributed by atoms with Crippen molar-refractivity contribution in [2.24, 2.45) is 0 Å². The van der Waals surface area contributed by atoms with Gasteiger partial charge in [-0.3, -0.25) is 0 Å². The van der Waals surface area contributed by atoms with Crippen LogP contribution in [0.4, 0.5) is 26.3 Å². The number of fused-ring (bicyclic) bond motifs is 1. The molecule has 4 aromatic rings. The Morgan fingerprint density at radius 1 is 0.812 bits per heavy atom. The summed E-state index contributed by atoms with van der Waals surface area (Å²) in [6, 6.07) is 13.4. The highest BCUT2D eigenvalue weighted by molar-refractivity contribution is 5.92. The van der Waals surface area contributed by atoms with E-state index >= 15 is 0 Å². The number of oxazole rings is 1. The number of esters is 1. The molecular formula is C22H11F6NO3. The number of hydrogen-bond acceptors (Lipinski definition) is 4. The third-order valence-electron chi connectivity index (χ3n) is 4.41. The van der Waals surface area contributed by atoms with Crippen LogP contribution < -0.4 is 4.74 Å². The third-order valence-corrected chi connectivity index (χ3v) is 4.41. The van der Waals surface area contributed by atoms with E-state index in [1.54, 1.807) is 24.3 Å². The summed E-state index contributed by atoms with van der Waals surface area (Å²) >= 11 is 0. The Kier molecular flexibility index (Phi) is 5.15. The molecule has 0 aliphatic rings. The maximum Gasteiger partial charge on any atom is 0.416 e. The van der Waals surface area contributed by atoms with E-state index in [4.69, 9.17) is 9.15 Å². The Bertz CT molecular complexity index is 1260. The SMILES string of the molecule is O=C(Oc1ccc2nc(-c3ccccc3)oc2c1)c1cc(C(F)(F)F)cc(C(F)(F)F)c1. The highest BCUT2D eigenvalue weighted by Crippen LogP contribution is 2.36. The van der Waals surface area contributed by atoms with E-state index in [2.05, 4.69) is 4.98 Å². The summed E-state index contributed by atoms with van der Waals surface area (Å²) in [6.45, 7) is 0. The van der Waals surface area contributed by atoms with Gasteiger partial charge in [-0.15, -0.1) is 0 Å². The van der Waals surface area contributed by atoms with Crippen LogP contribution in [-0.4, -0.2) is 11.0 Å². The summed E-state index contributed by atoms with van der Waals surface area (Å²) in [5.74, 6) is -1.23. The fraction of sp³-hybridized carbons (Fsp3) is 0.0909. The Balaban J connectivity index is 1.65. The van der Waals surface area contributed by atoms with Crippen molar-refractivity contribution in [3.63, 3.8) is 0 Å². The van der Waals surface area contributed by atoms with Crippen LogP contribution in [-0.2, 0) is 12.4 Å². The first-order valence-corrected chi connectivity index (χ1v) is 8.98. The lowest BCUT2D eigenvalue weighted by atomic mass is 10.0. The monoisotopic (exact) mass is 451 g/mol. The van der Waals surface area contributed by atoms with Crippen LogP contribution in [0, 0.1) is 0 Å². The summed E-state index contributed by atoms with van der Waals surface area (Å²) < 4.78 is 88.6. The molecule has 164 valence electrons. The van der Waals surface area contributed by atoms with Gasteiger partial charge in [0.2, 0.25) is 5.89 Å². The van der Waals surface area contributed by atoms with Gasteiger partial charge in [0.1, 0.15) is 11.3 Å². The first-order chi connectivity index (χ1) is 15.0. The van der Waals surface area contributed by atoms with Crippen LogP contribution in [0.25, 0.3) is 22.6 Å². The highest BCUT2D eigenvalue weighted by atomic mass is 19.4. The van der Waals surface area contributed by atoms with Crippen molar-refractivity contribution in [3.05, 3.63) is 83.4 Å². The van der Waals surface area contributed by atoms with Gasteiger partial charge in [0.15, 0.2) is 5.58 Å². The zero-order valence-electron chi connectivity index (χ0n) is 15.8. The first kappa shape index (κ1) is 21.4. The molecule has 0 fully saturated rings. The first-order valence-electron chi connectivity index (χ1n) is 8.98. The third kappa shape index (κ3) is 4.43. The lowest BCUT2D eigenvalue weighted by Gasteiger charge is -2.13. The molecule has 0 N–H and O–H groups in total. The quantitative estimate of drug-likeness (QED) is 0.196. The summed E-state index contributed by atoms with van der Waals surface area (Å²) in [4.78, 5) is 16.6. The van der Waals surface area contributed by atoms with Gasteiger partial charge < -0.3 is 9.15 Å². The van der Waals surface area contributed by atoms with Crippen molar-refractivity contribution < 1.29 is 40.3 Å². The molecule has 32 heavy (non-hydrogen) atoms. The summed E-state index contributed by atoms with van der Waals surface area (Å²) in [6.07, 6.45) is -10.2. The number of nitrogens with zero attached hydrogens (tertiary/aromatic N) is 1. The van der Waals surface area contributed by atoms with Gasteiger partial charge in [-0.2, -0.15) is 26.3 Å². The smallest absolute Gasteiger partial charge is 0.416 e. The number of carbonyl (C=O) groups excluding carboxylic acids is 1. The van der Waals surface area contributed by atoms with Gasteiger partial charge in [-0.05, 0) is 42.5 Å². The molecule has 0 spiro atoms.